The molecule has 2 aromatic carbocycles. The minimum absolute atomic E-state index is 0.0466. The Kier molecular flexibility index (Phi) is 5.10. The fourth-order valence-electron chi connectivity index (χ4n) is 3.62. The lowest BCUT2D eigenvalue weighted by Gasteiger charge is -2.21. The molecule has 9 heteroatoms. The first-order valence-corrected chi connectivity index (χ1v) is 10.5. The Morgan fingerprint density at radius 3 is 2.45 bits per heavy atom. The van der Waals surface area contributed by atoms with Crippen molar-refractivity contribution in [1.29, 1.82) is 0 Å². The molecule has 152 valence electrons. The van der Waals surface area contributed by atoms with Crippen LogP contribution in [-0.2, 0) is 17.1 Å². The van der Waals surface area contributed by atoms with E-state index in [4.69, 9.17) is 0 Å². The number of rotatable bonds is 5. The van der Waals surface area contributed by atoms with Crippen molar-refractivity contribution in [2.45, 2.75) is 17.0 Å². The maximum atomic E-state index is 14.5. The normalized spacial score (nSPS) is 20.1. The molecule has 1 aliphatic rings. The molecule has 3 aromatic rings. The van der Waals surface area contributed by atoms with E-state index in [-0.39, 0.29) is 29.7 Å². The smallest absolute Gasteiger partial charge is 0.262 e. The highest BCUT2D eigenvalue weighted by atomic mass is 32.2. The second kappa shape index (κ2) is 7.57. The number of hydrogen-bond donors (Lipinski definition) is 1. The first kappa shape index (κ1) is 19.5. The molecule has 2 heterocycles. The lowest BCUT2D eigenvalue weighted by Crippen LogP contribution is -2.32. The van der Waals surface area contributed by atoms with E-state index in [9.17, 15) is 17.2 Å². The van der Waals surface area contributed by atoms with Gasteiger partial charge in [-0.25, -0.2) is 22.2 Å². The molecule has 1 saturated heterocycles. The summed E-state index contributed by atoms with van der Waals surface area (Å²) in [5.41, 5.74) is 1.07. The van der Waals surface area contributed by atoms with Crippen molar-refractivity contribution in [3.05, 3.63) is 78.3 Å². The van der Waals surface area contributed by atoms with E-state index in [1.165, 1.54) is 35.0 Å². The molecule has 1 aromatic heterocycles. The van der Waals surface area contributed by atoms with E-state index < -0.39 is 22.0 Å². The number of benzene rings is 2. The second-order valence-electron chi connectivity index (χ2n) is 7.09. The molecule has 1 fully saturated rings. The number of aryl methyl sites for hydroxylation is 1. The van der Waals surface area contributed by atoms with Crippen LogP contribution in [0.5, 0.6) is 0 Å². The van der Waals surface area contributed by atoms with Crippen molar-refractivity contribution in [3.8, 4) is 0 Å². The summed E-state index contributed by atoms with van der Waals surface area (Å²) < 4.78 is 56.7. The summed E-state index contributed by atoms with van der Waals surface area (Å²) in [6.07, 6.45) is 2.86. The second-order valence-corrected chi connectivity index (χ2v) is 8.97. The van der Waals surface area contributed by atoms with Crippen molar-refractivity contribution >= 4 is 15.7 Å². The molecule has 0 spiro atoms. The van der Waals surface area contributed by atoms with Crippen LogP contribution in [0.1, 0.15) is 11.5 Å². The molecule has 1 aliphatic heterocycles. The van der Waals surface area contributed by atoms with Gasteiger partial charge in [0.1, 0.15) is 11.6 Å². The molecule has 1 N–H and O–H groups in total. The molecular formula is C20H20F2N4O2S. The molecule has 0 saturated carbocycles. The topological polar surface area (TPSA) is 67.2 Å². The summed E-state index contributed by atoms with van der Waals surface area (Å²) in [4.78, 5) is 3.96. The standard InChI is InChI=1S/C20H20F2N4O2S/c1-25-12-20(23-13-25)29(27,28)26-10-17(16-4-2-3-5-18(16)22)19(11-26)24-15-8-6-14(21)7-9-15/h2-9,12-13,17,19,24H,10-11H2,1H3. The Morgan fingerprint density at radius 2 is 1.79 bits per heavy atom. The predicted molar refractivity (Wildman–Crippen MR) is 105 cm³/mol. The van der Waals surface area contributed by atoms with Gasteiger partial charge < -0.3 is 9.88 Å². The maximum absolute atomic E-state index is 14.5. The quantitative estimate of drug-likeness (QED) is 0.692. The van der Waals surface area contributed by atoms with Gasteiger partial charge in [0, 0.05) is 44.0 Å². The Morgan fingerprint density at radius 1 is 1.07 bits per heavy atom. The molecule has 4 rings (SSSR count). The molecule has 0 bridgehead atoms. The minimum atomic E-state index is -3.82. The van der Waals surface area contributed by atoms with Crippen LogP contribution in [0.25, 0.3) is 0 Å². The zero-order valence-corrected chi connectivity index (χ0v) is 16.5. The van der Waals surface area contributed by atoms with Gasteiger partial charge in [-0.3, -0.25) is 0 Å². The summed E-state index contributed by atoms with van der Waals surface area (Å²) in [7, 11) is -2.13. The number of hydrogen-bond acceptors (Lipinski definition) is 4. The number of imidazole rings is 1. The number of halogens is 2. The van der Waals surface area contributed by atoms with E-state index >= 15 is 0 Å². The van der Waals surface area contributed by atoms with Crippen molar-refractivity contribution in [3.63, 3.8) is 0 Å². The monoisotopic (exact) mass is 418 g/mol. The molecule has 2 atom stereocenters. The van der Waals surface area contributed by atoms with Gasteiger partial charge >= 0.3 is 0 Å². The lowest BCUT2D eigenvalue weighted by molar-refractivity contribution is 0.467. The fourth-order valence-corrected chi connectivity index (χ4v) is 5.07. The van der Waals surface area contributed by atoms with E-state index in [1.807, 2.05) is 0 Å². The Bertz CT molecular complexity index is 1120. The van der Waals surface area contributed by atoms with Crippen molar-refractivity contribution in [2.24, 2.45) is 7.05 Å². The van der Waals surface area contributed by atoms with Crippen LogP contribution in [0.15, 0.2) is 66.1 Å². The van der Waals surface area contributed by atoms with Gasteiger partial charge in [0.2, 0.25) is 0 Å². The Hall–Kier alpha value is -2.78. The molecule has 0 amide bonds. The van der Waals surface area contributed by atoms with E-state index in [0.717, 1.165) is 0 Å². The molecule has 29 heavy (non-hydrogen) atoms. The third-order valence-electron chi connectivity index (χ3n) is 5.07. The van der Waals surface area contributed by atoms with Gasteiger partial charge in [-0.2, -0.15) is 4.31 Å². The number of aromatic nitrogens is 2. The Labute approximate surface area is 167 Å². The average Bonchev–Trinajstić information content (AvgIpc) is 3.31. The van der Waals surface area contributed by atoms with Gasteiger partial charge in [0.05, 0.1) is 6.33 Å². The summed E-state index contributed by atoms with van der Waals surface area (Å²) >= 11 is 0. The number of sulfonamides is 1. The van der Waals surface area contributed by atoms with E-state index in [0.29, 0.717) is 11.3 Å². The highest BCUT2D eigenvalue weighted by Crippen LogP contribution is 2.34. The molecule has 2 unspecified atom stereocenters. The molecular weight excluding hydrogens is 398 g/mol. The van der Waals surface area contributed by atoms with E-state index in [2.05, 4.69) is 10.3 Å². The van der Waals surface area contributed by atoms with Crippen molar-refractivity contribution in [2.75, 3.05) is 18.4 Å². The molecule has 0 aliphatic carbocycles. The molecule has 6 nitrogen and oxygen atoms in total. The fraction of sp³-hybridized carbons (Fsp3) is 0.250. The predicted octanol–water partition coefficient (Wildman–Crippen LogP) is 2.97. The zero-order chi connectivity index (χ0) is 20.6. The van der Waals surface area contributed by atoms with Gasteiger partial charge in [0.25, 0.3) is 10.0 Å². The number of nitrogens with one attached hydrogen (secondary N) is 1. The van der Waals surface area contributed by atoms with Crippen LogP contribution in [0.4, 0.5) is 14.5 Å². The number of anilines is 1. The van der Waals surface area contributed by atoms with Crippen LogP contribution in [0.2, 0.25) is 0 Å². The first-order chi connectivity index (χ1) is 13.8. The van der Waals surface area contributed by atoms with Crippen LogP contribution >= 0.6 is 0 Å². The largest absolute Gasteiger partial charge is 0.380 e. The summed E-state index contributed by atoms with van der Waals surface area (Å²) in [6, 6.07) is 11.7. The Balaban J connectivity index is 1.67. The highest BCUT2D eigenvalue weighted by molar-refractivity contribution is 7.89. The van der Waals surface area contributed by atoms with Gasteiger partial charge in [-0.15, -0.1) is 0 Å². The van der Waals surface area contributed by atoms with Crippen molar-refractivity contribution in [1.82, 2.24) is 13.9 Å². The first-order valence-electron chi connectivity index (χ1n) is 9.09. The third-order valence-corrected chi connectivity index (χ3v) is 6.79. The van der Waals surface area contributed by atoms with Crippen molar-refractivity contribution < 1.29 is 17.2 Å². The summed E-state index contributed by atoms with van der Waals surface area (Å²) in [5.74, 6) is -1.17. The van der Waals surface area contributed by atoms with E-state index in [1.54, 1.807) is 41.9 Å². The van der Waals surface area contributed by atoms with Gasteiger partial charge in [-0.05, 0) is 35.9 Å². The minimum Gasteiger partial charge on any atom is -0.380 e. The van der Waals surface area contributed by atoms with Gasteiger partial charge in [-0.1, -0.05) is 18.2 Å². The number of nitrogens with zero attached hydrogens (tertiary/aromatic N) is 3. The summed E-state index contributed by atoms with van der Waals surface area (Å²) in [6.45, 7) is 0.244. The third kappa shape index (κ3) is 3.88. The van der Waals surface area contributed by atoms with Gasteiger partial charge in [0.15, 0.2) is 5.03 Å². The van der Waals surface area contributed by atoms with Crippen LogP contribution in [-0.4, -0.2) is 41.4 Å². The van der Waals surface area contributed by atoms with Crippen LogP contribution < -0.4 is 5.32 Å². The van der Waals surface area contributed by atoms with Crippen LogP contribution in [0, 0.1) is 11.6 Å². The zero-order valence-electron chi connectivity index (χ0n) is 15.7. The van der Waals surface area contributed by atoms with Crippen LogP contribution in [0.3, 0.4) is 0 Å². The lowest BCUT2D eigenvalue weighted by atomic mass is 9.93. The summed E-state index contributed by atoms with van der Waals surface area (Å²) in [5, 5.41) is 3.19. The highest BCUT2D eigenvalue weighted by Gasteiger charge is 2.41. The SMILES string of the molecule is Cn1cnc(S(=O)(=O)N2CC(Nc3ccc(F)cc3)C(c3ccccc3F)C2)c1. The molecule has 0 radical (unpaired) electrons. The average molecular weight is 418 g/mol. The maximum Gasteiger partial charge on any atom is 0.262 e.